The van der Waals surface area contributed by atoms with Gasteiger partial charge in [-0.2, -0.15) is 0 Å². The highest BCUT2D eigenvalue weighted by molar-refractivity contribution is 4.95. The van der Waals surface area contributed by atoms with Gasteiger partial charge in [0.05, 0.1) is 6.54 Å². The van der Waals surface area contributed by atoms with Crippen molar-refractivity contribution in [2.75, 3.05) is 26.2 Å². The number of aromatic nitrogens is 4. The highest BCUT2D eigenvalue weighted by Crippen LogP contribution is 2.35. The summed E-state index contributed by atoms with van der Waals surface area (Å²) in [6.45, 7) is 7.47. The Labute approximate surface area is 114 Å². The minimum Gasteiger partial charge on any atom is -0.314 e. The minimum absolute atomic E-state index is 0.278. The van der Waals surface area contributed by atoms with E-state index in [0.29, 0.717) is 0 Å². The predicted molar refractivity (Wildman–Crippen MR) is 72.8 cm³/mol. The van der Waals surface area contributed by atoms with Crippen LogP contribution >= 0.6 is 0 Å². The van der Waals surface area contributed by atoms with E-state index in [2.05, 4.69) is 25.7 Å². The van der Waals surface area contributed by atoms with E-state index in [1.54, 1.807) is 0 Å². The molecule has 0 aromatic carbocycles. The molecule has 1 aromatic rings. The van der Waals surface area contributed by atoms with Crippen LogP contribution in [0.3, 0.4) is 0 Å². The van der Waals surface area contributed by atoms with Crippen LogP contribution in [-0.4, -0.2) is 56.8 Å². The Bertz CT molecular complexity index is 403. The summed E-state index contributed by atoms with van der Waals surface area (Å²) in [5.41, 5.74) is 0.278. The van der Waals surface area contributed by atoms with Crippen molar-refractivity contribution < 1.29 is 0 Å². The smallest absolute Gasteiger partial charge is 0.148 e. The molecule has 0 atom stereocenters. The first kappa shape index (κ1) is 13.0. The molecule has 6 nitrogen and oxygen atoms in total. The van der Waals surface area contributed by atoms with Gasteiger partial charge < -0.3 is 5.32 Å². The minimum atomic E-state index is 0.278. The Morgan fingerprint density at radius 2 is 1.89 bits per heavy atom. The summed E-state index contributed by atoms with van der Waals surface area (Å²) in [4.78, 5) is 2.68. The topological polar surface area (TPSA) is 58.9 Å². The van der Waals surface area contributed by atoms with Crippen molar-refractivity contribution in [3.05, 3.63) is 5.82 Å². The van der Waals surface area contributed by atoms with E-state index < -0.39 is 0 Å². The second kappa shape index (κ2) is 5.54. The predicted octanol–water partition coefficient (Wildman–Crippen LogP) is 0.590. The molecular formula is C13H24N6. The van der Waals surface area contributed by atoms with Crippen molar-refractivity contribution in [2.45, 2.75) is 51.1 Å². The quantitative estimate of drug-likeness (QED) is 0.866. The molecule has 1 saturated carbocycles. The summed E-state index contributed by atoms with van der Waals surface area (Å²) in [5.74, 6) is 0.931. The van der Waals surface area contributed by atoms with Crippen molar-refractivity contribution in [3.8, 4) is 0 Å². The molecule has 1 aromatic heterocycles. The molecule has 0 bridgehead atoms. The average Bonchev–Trinajstić information content (AvgIpc) is 2.86. The normalized spacial score (nSPS) is 24.5. The maximum atomic E-state index is 4.16. The lowest BCUT2D eigenvalue weighted by Gasteiger charge is -2.48. The maximum absolute atomic E-state index is 4.16. The van der Waals surface area contributed by atoms with Gasteiger partial charge in [0.15, 0.2) is 0 Å². The molecular weight excluding hydrogens is 240 g/mol. The number of hydrogen-bond acceptors (Lipinski definition) is 5. The molecule has 6 heteroatoms. The number of nitrogens with zero attached hydrogens (tertiary/aromatic N) is 5. The molecule has 0 radical (unpaired) electrons. The molecule has 0 unspecified atom stereocenters. The summed E-state index contributed by atoms with van der Waals surface area (Å²) >= 11 is 0. The van der Waals surface area contributed by atoms with Crippen LogP contribution in [0, 0.1) is 6.92 Å². The fraction of sp³-hybridized carbons (Fsp3) is 0.923. The number of hydrogen-bond donors (Lipinski definition) is 1. The van der Waals surface area contributed by atoms with Gasteiger partial charge in [-0.15, -0.1) is 5.10 Å². The molecule has 3 rings (SSSR count). The highest BCUT2D eigenvalue weighted by Gasteiger charge is 2.39. The van der Waals surface area contributed by atoms with Gasteiger partial charge in [-0.05, 0) is 30.2 Å². The zero-order chi connectivity index (χ0) is 13.1. The van der Waals surface area contributed by atoms with E-state index >= 15 is 0 Å². The highest BCUT2D eigenvalue weighted by atomic mass is 15.5. The lowest BCUT2D eigenvalue weighted by molar-refractivity contribution is 0.0212. The number of aryl methyl sites for hydroxylation is 1. The first-order valence-electron chi connectivity index (χ1n) is 7.49. The first-order valence-corrected chi connectivity index (χ1v) is 7.49. The first-order chi connectivity index (χ1) is 9.30. The summed E-state index contributed by atoms with van der Waals surface area (Å²) < 4.78 is 1.99. The van der Waals surface area contributed by atoms with Crippen LogP contribution in [0.1, 0.15) is 37.9 Å². The molecule has 106 valence electrons. The zero-order valence-corrected chi connectivity index (χ0v) is 11.8. The summed E-state index contributed by atoms with van der Waals surface area (Å²) in [6, 6.07) is 0. The van der Waals surface area contributed by atoms with Crippen molar-refractivity contribution in [1.29, 1.82) is 0 Å². The number of rotatable bonds is 3. The lowest BCUT2D eigenvalue weighted by Crippen LogP contribution is -2.59. The van der Waals surface area contributed by atoms with E-state index in [1.807, 2.05) is 11.6 Å². The van der Waals surface area contributed by atoms with Crippen molar-refractivity contribution >= 4 is 0 Å². The van der Waals surface area contributed by atoms with Gasteiger partial charge >= 0.3 is 0 Å². The Morgan fingerprint density at radius 1 is 1.16 bits per heavy atom. The Morgan fingerprint density at radius 3 is 2.53 bits per heavy atom. The van der Waals surface area contributed by atoms with Crippen LogP contribution in [0.2, 0.25) is 0 Å². The third kappa shape index (κ3) is 2.65. The van der Waals surface area contributed by atoms with Gasteiger partial charge in [-0.1, -0.05) is 19.3 Å². The van der Waals surface area contributed by atoms with Gasteiger partial charge in [0, 0.05) is 31.7 Å². The van der Waals surface area contributed by atoms with Gasteiger partial charge in [0.2, 0.25) is 0 Å². The van der Waals surface area contributed by atoms with E-state index in [0.717, 1.165) is 38.5 Å². The van der Waals surface area contributed by atoms with Crippen molar-refractivity contribution in [2.24, 2.45) is 0 Å². The lowest BCUT2D eigenvalue weighted by atomic mass is 9.79. The standard InChI is InChI=1S/C13H24N6/c1-12-15-16-17-19(12)11-13(5-3-2-4-6-13)18-9-7-14-8-10-18/h14H,2-11H2,1H3. The van der Waals surface area contributed by atoms with Crippen LogP contribution in [-0.2, 0) is 6.54 Å². The Hall–Kier alpha value is -1.01. The molecule has 0 spiro atoms. The maximum Gasteiger partial charge on any atom is 0.148 e. The van der Waals surface area contributed by atoms with Crippen molar-refractivity contribution in [3.63, 3.8) is 0 Å². The average molecular weight is 264 g/mol. The molecule has 0 amide bonds. The molecule has 2 heterocycles. The Kier molecular flexibility index (Phi) is 3.79. The molecule has 1 N–H and O–H groups in total. The van der Waals surface area contributed by atoms with Crippen molar-refractivity contribution in [1.82, 2.24) is 30.4 Å². The van der Waals surface area contributed by atoms with E-state index in [1.165, 1.54) is 32.1 Å². The number of nitrogens with one attached hydrogen (secondary N) is 1. The molecule has 2 fully saturated rings. The van der Waals surface area contributed by atoms with Gasteiger partial charge in [0.1, 0.15) is 5.82 Å². The third-order valence-electron chi connectivity index (χ3n) is 4.73. The van der Waals surface area contributed by atoms with Crippen LogP contribution in [0.4, 0.5) is 0 Å². The van der Waals surface area contributed by atoms with Crippen LogP contribution in [0.5, 0.6) is 0 Å². The molecule has 19 heavy (non-hydrogen) atoms. The zero-order valence-electron chi connectivity index (χ0n) is 11.8. The van der Waals surface area contributed by atoms with E-state index in [4.69, 9.17) is 0 Å². The summed E-state index contributed by atoms with van der Waals surface area (Å²) in [6.07, 6.45) is 6.62. The fourth-order valence-corrected chi connectivity index (χ4v) is 3.60. The third-order valence-corrected chi connectivity index (χ3v) is 4.73. The van der Waals surface area contributed by atoms with Gasteiger partial charge in [0.25, 0.3) is 0 Å². The second-order valence-corrected chi connectivity index (χ2v) is 5.91. The van der Waals surface area contributed by atoms with E-state index in [-0.39, 0.29) is 5.54 Å². The molecule has 2 aliphatic rings. The fourth-order valence-electron chi connectivity index (χ4n) is 3.60. The van der Waals surface area contributed by atoms with Crippen LogP contribution < -0.4 is 5.32 Å². The van der Waals surface area contributed by atoms with Crippen LogP contribution in [0.25, 0.3) is 0 Å². The molecule has 1 aliphatic heterocycles. The Balaban J connectivity index is 1.81. The van der Waals surface area contributed by atoms with E-state index in [9.17, 15) is 0 Å². The monoisotopic (exact) mass is 264 g/mol. The molecule has 1 aliphatic carbocycles. The largest absolute Gasteiger partial charge is 0.314 e. The number of tetrazole rings is 1. The summed E-state index contributed by atoms with van der Waals surface area (Å²) in [7, 11) is 0. The van der Waals surface area contributed by atoms with Gasteiger partial charge in [-0.3, -0.25) is 4.90 Å². The van der Waals surface area contributed by atoms with Gasteiger partial charge in [-0.25, -0.2) is 4.68 Å². The SMILES string of the molecule is Cc1nnnn1CC1(N2CCNCC2)CCCCC1. The summed E-state index contributed by atoms with van der Waals surface area (Å²) in [5, 5.41) is 15.4. The molecule has 1 saturated heterocycles. The second-order valence-electron chi connectivity index (χ2n) is 5.91. The van der Waals surface area contributed by atoms with Crippen LogP contribution in [0.15, 0.2) is 0 Å². The number of piperazine rings is 1.